The Morgan fingerprint density at radius 1 is 0.885 bits per heavy atom. The third kappa shape index (κ3) is 2.93. The molecule has 3 fully saturated rings. The zero-order valence-corrected chi connectivity index (χ0v) is 15.4. The van der Waals surface area contributed by atoms with E-state index in [-0.39, 0.29) is 12.0 Å². The van der Waals surface area contributed by atoms with Crippen LogP contribution in [0.3, 0.4) is 0 Å². The Hall–Kier alpha value is -1.84. The van der Waals surface area contributed by atoms with Gasteiger partial charge in [-0.25, -0.2) is 0 Å². The minimum atomic E-state index is 0.103. The first kappa shape index (κ1) is 16.3. The summed E-state index contributed by atoms with van der Waals surface area (Å²) in [5.74, 6) is 1.08. The van der Waals surface area contributed by atoms with Gasteiger partial charge in [0.25, 0.3) is 0 Å². The molecule has 1 atom stereocenters. The lowest BCUT2D eigenvalue weighted by Gasteiger charge is -2.37. The lowest BCUT2D eigenvalue weighted by Crippen LogP contribution is -2.46. The van der Waals surface area contributed by atoms with Crippen LogP contribution in [0.1, 0.15) is 62.1 Å². The van der Waals surface area contributed by atoms with Crippen LogP contribution in [0.4, 0.5) is 0 Å². The van der Waals surface area contributed by atoms with Gasteiger partial charge in [-0.15, -0.1) is 0 Å². The number of nitrogens with zero attached hydrogens (tertiary/aromatic N) is 2. The SMILES string of the molecule is O=C(C1CC1)N1CCC(C(=O)N(C2CC2)C2CCc3ccccc32)CC1. The summed E-state index contributed by atoms with van der Waals surface area (Å²) in [4.78, 5) is 29.9. The Bertz CT molecular complexity index is 715. The highest BCUT2D eigenvalue weighted by molar-refractivity contribution is 5.83. The number of carbonyl (C=O) groups is 2. The van der Waals surface area contributed by atoms with E-state index < -0.39 is 0 Å². The summed E-state index contributed by atoms with van der Waals surface area (Å²) in [6, 6.07) is 9.37. The Morgan fingerprint density at radius 2 is 1.62 bits per heavy atom. The summed E-state index contributed by atoms with van der Waals surface area (Å²) in [5, 5.41) is 0. The number of piperidine rings is 1. The van der Waals surface area contributed by atoms with Gasteiger partial charge >= 0.3 is 0 Å². The van der Waals surface area contributed by atoms with E-state index >= 15 is 0 Å². The highest BCUT2D eigenvalue weighted by Gasteiger charge is 2.43. The molecule has 4 aliphatic rings. The second kappa shape index (κ2) is 6.40. The lowest BCUT2D eigenvalue weighted by atomic mass is 9.93. The summed E-state index contributed by atoms with van der Waals surface area (Å²) >= 11 is 0. The Labute approximate surface area is 155 Å². The molecule has 2 amide bonds. The van der Waals surface area contributed by atoms with Gasteiger partial charge in [0.05, 0.1) is 6.04 Å². The van der Waals surface area contributed by atoms with E-state index in [9.17, 15) is 9.59 Å². The molecule has 2 saturated carbocycles. The molecule has 0 N–H and O–H groups in total. The zero-order chi connectivity index (χ0) is 17.7. The molecule has 138 valence electrons. The first-order valence-electron chi connectivity index (χ1n) is 10.4. The molecule has 1 aliphatic heterocycles. The minimum absolute atomic E-state index is 0.103. The van der Waals surface area contributed by atoms with Crippen LogP contribution >= 0.6 is 0 Å². The molecular formula is C22H28N2O2. The molecule has 1 aromatic rings. The topological polar surface area (TPSA) is 40.6 Å². The molecule has 26 heavy (non-hydrogen) atoms. The van der Waals surface area contributed by atoms with Crippen molar-refractivity contribution in [3.63, 3.8) is 0 Å². The summed E-state index contributed by atoms with van der Waals surface area (Å²) < 4.78 is 0. The molecule has 0 aromatic heterocycles. The van der Waals surface area contributed by atoms with Gasteiger partial charge in [-0.3, -0.25) is 9.59 Å². The van der Waals surface area contributed by atoms with E-state index in [1.807, 2.05) is 4.90 Å². The summed E-state index contributed by atoms with van der Waals surface area (Å²) in [6.45, 7) is 1.54. The van der Waals surface area contributed by atoms with Crippen molar-refractivity contribution in [2.24, 2.45) is 11.8 Å². The Morgan fingerprint density at radius 3 is 2.31 bits per heavy atom. The fraction of sp³-hybridized carbons (Fsp3) is 0.636. The molecule has 0 spiro atoms. The molecule has 0 radical (unpaired) electrons. The number of fused-ring (bicyclic) bond motifs is 1. The number of benzene rings is 1. The van der Waals surface area contributed by atoms with Gasteiger partial charge in [-0.2, -0.15) is 0 Å². The molecule has 5 rings (SSSR count). The standard InChI is InChI=1S/C22H28N2O2/c25-21(16-5-6-16)23-13-11-17(12-14-23)22(26)24(18-8-9-18)20-10-7-15-3-1-2-4-19(15)20/h1-4,16-18,20H,5-14H2. The molecule has 1 heterocycles. The highest BCUT2D eigenvalue weighted by atomic mass is 16.2. The van der Waals surface area contributed by atoms with Crippen LogP contribution in [0.15, 0.2) is 24.3 Å². The van der Waals surface area contributed by atoms with E-state index in [0.29, 0.717) is 23.8 Å². The van der Waals surface area contributed by atoms with Crippen LogP contribution in [-0.4, -0.2) is 40.7 Å². The highest BCUT2D eigenvalue weighted by Crippen LogP contribution is 2.43. The maximum atomic E-state index is 13.4. The molecule has 1 saturated heterocycles. The average Bonchev–Trinajstić information content (AvgIpc) is 3.60. The van der Waals surface area contributed by atoms with Crippen molar-refractivity contribution in [2.75, 3.05) is 13.1 Å². The van der Waals surface area contributed by atoms with Crippen molar-refractivity contribution in [1.82, 2.24) is 9.80 Å². The van der Waals surface area contributed by atoms with Crippen LogP contribution in [0.25, 0.3) is 0 Å². The smallest absolute Gasteiger partial charge is 0.226 e. The zero-order valence-electron chi connectivity index (χ0n) is 15.4. The Balaban J connectivity index is 1.28. The number of hydrogen-bond acceptors (Lipinski definition) is 2. The Kier molecular flexibility index (Phi) is 4.02. The van der Waals surface area contributed by atoms with Gasteiger partial charge in [0, 0.05) is 31.0 Å². The van der Waals surface area contributed by atoms with Gasteiger partial charge < -0.3 is 9.80 Å². The largest absolute Gasteiger partial charge is 0.342 e. The van der Waals surface area contributed by atoms with Gasteiger partial charge in [0.1, 0.15) is 0 Å². The molecule has 3 aliphatic carbocycles. The normalized spacial score (nSPS) is 25.8. The second-order valence-electron chi connectivity index (χ2n) is 8.60. The maximum absolute atomic E-state index is 13.4. The summed E-state index contributed by atoms with van der Waals surface area (Å²) in [6.07, 6.45) is 8.28. The van der Waals surface area contributed by atoms with Crippen molar-refractivity contribution in [3.05, 3.63) is 35.4 Å². The van der Waals surface area contributed by atoms with Crippen molar-refractivity contribution in [2.45, 2.75) is 63.5 Å². The first-order valence-corrected chi connectivity index (χ1v) is 10.4. The number of rotatable bonds is 4. The van der Waals surface area contributed by atoms with E-state index in [4.69, 9.17) is 0 Å². The number of likely N-dealkylation sites (tertiary alicyclic amines) is 1. The van der Waals surface area contributed by atoms with Crippen LogP contribution in [0.5, 0.6) is 0 Å². The summed E-state index contributed by atoms with van der Waals surface area (Å²) in [5.41, 5.74) is 2.79. The van der Waals surface area contributed by atoms with Crippen LogP contribution in [-0.2, 0) is 16.0 Å². The first-order chi connectivity index (χ1) is 12.7. The van der Waals surface area contributed by atoms with Crippen molar-refractivity contribution < 1.29 is 9.59 Å². The lowest BCUT2D eigenvalue weighted by molar-refractivity contribution is -0.143. The molecule has 0 bridgehead atoms. The van der Waals surface area contributed by atoms with Gasteiger partial charge in [-0.1, -0.05) is 24.3 Å². The number of hydrogen-bond donors (Lipinski definition) is 0. The van der Waals surface area contributed by atoms with E-state index in [1.165, 1.54) is 11.1 Å². The van der Waals surface area contributed by atoms with Crippen LogP contribution < -0.4 is 0 Å². The second-order valence-corrected chi connectivity index (χ2v) is 8.60. The number of carbonyl (C=O) groups excluding carboxylic acids is 2. The molecule has 4 heteroatoms. The quantitative estimate of drug-likeness (QED) is 0.834. The monoisotopic (exact) mass is 352 g/mol. The molecular weight excluding hydrogens is 324 g/mol. The fourth-order valence-electron chi connectivity index (χ4n) is 4.91. The minimum Gasteiger partial charge on any atom is -0.342 e. The van der Waals surface area contributed by atoms with Crippen molar-refractivity contribution in [3.8, 4) is 0 Å². The van der Waals surface area contributed by atoms with E-state index in [2.05, 4.69) is 29.2 Å². The van der Waals surface area contributed by atoms with Gasteiger partial charge in [0.2, 0.25) is 11.8 Å². The maximum Gasteiger partial charge on any atom is 0.226 e. The number of amides is 2. The number of aryl methyl sites for hydroxylation is 1. The van der Waals surface area contributed by atoms with Crippen molar-refractivity contribution >= 4 is 11.8 Å². The van der Waals surface area contributed by atoms with E-state index in [0.717, 1.165) is 64.5 Å². The van der Waals surface area contributed by atoms with Crippen LogP contribution in [0.2, 0.25) is 0 Å². The molecule has 1 unspecified atom stereocenters. The predicted molar refractivity (Wildman–Crippen MR) is 99.4 cm³/mol. The fourth-order valence-corrected chi connectivity index (χ4v) is 4.91. The van der Waals surface area contributed by atoms with E-state index in [1.54, 1.807) is 0 Å². The van der Waals surface area contributed by atoms with Crippen molar-refractivity contribution in [1.29, 1.82) is 0 Å². The average molecular weight is 352 g/mol. The third-order valence-electron chi connectivity index (χ3n) is 6.71. The predicted octanol–water partition coefficient (Wildman–Crippen LogP) is 3.31. The van der Waals surface area contributed by atoms with Gasteiger partial charge in [-0.05, 0) is 62.5 Å². The molecule has 1 aromatic carbocycles. The van der Waals surface area contributed by atoms with Gasteiger partial charge in [0.15, 0.2) is 0 Å². The summed E-state index contributed by atoms with van der Waals surface area (Å²) in [7, 11) is 0. The molecule has 4 nitrogen and oxygen atoms in total. The van der Waals surface area contributed by atoms with Crippen LogP contribution in [0, 0.1) is 11.8 Å². The third-order valence-corrected chi connectivity index (χ3v) is 6.71.